The lowest BCUT2D eigenvalue weighted by Gasteiger charge is -2.19. The van der Waals surface area contributed by atoms with E-state index in [0.717, 1.165) is 0 Å². The fraction of sp³-hybridized carbons (Fsp3) is 0.125. The molecule has 0 bridgehead atoms. The Morgan fingerprint density at radius 1 is 1.50 bits per heavy atom. The summed E-state index contributed by atoms with van der Waals surface area (Å²) >= 11 is 0. The van der Waals surface area contributed by atoms with Gasteiger partial charge >= 0.3 is 12.2 Å². The number of hydrogen-bond donors (Lipinski definition) is 3. The van der Waals surface area contributed by atoms with Gasteiger partial charge in [0.05, 0.1) is 7.11 Å². The average molecular weight is 227 g/mol. The fourth-order valence-electron chi connectivity index (χ4n) is 1.02. The molecule has 1 aromatic heterocycles. The zero-order valence-corrected chi connectivity index (χ0v) is 8.25. The van der Waals surface area contributed by atoms with Crippen LogP contribution < -0.4 is 15.2 Å². The zero-order chi connectivity index (χ0) is 12.1. The second kappa shape index (κ2) is 4.82. The van der Waals surface area contributed by atoms with Gasteiger partial charge in [0.25, 0.3) is 0 Å². The summed E-state index contributed by atoms with van der Waals surface area (Å²) in [4.78, 5) is 25.0. The number of hydrazine groups is 1. The van der Waals surface area contributed by atoms with Crippen LogP contribution in [0.2, 0.25) is 0 Å². The van der Waals surface area contributed by atoms with Crippen LogP contribution in [0.3, 0.4) is 0 Å². The monoisotopic (exact) mass is 227 g/mol. The number of carboxylic acid groups (broad SMARTS) is 2. The first-order chi connectivity index (χ1) is 7.56. The van der Waals surface area contributed by atoms with Crippen molar-refractivity contribution < 1.29 is 24.5 Å². The third-order valence-corrected chi connectivity index (χ3v) is 1.58. The molecule has 0 spiro atoms. The molecule has 2 amide bonds. The molecule has 1 aromatic rings. The second-order valence-corrected chi connectivity index (χ2v) is 2.57. The molecular weight excluding hydrogens is 218 g/mol. The van der Waals surface area contributed by atoms with Crippen molar-refractivity contribution in [2.45, 2.75) is 0 Å². The second-order valence-electron chi connectivity index (χ2n) is 2.57. The summed E-state index contributed by atoms with van der Waals surface area (Å²) in [6, 6.07) is 2.81. The number of methoxy groups -OCH3 is 1. The predicted octanol–water partition coefficient (Wildman–Crippen LogP) is 0.757. The molecule has 0 radical (unpaired) electrons. The quantitative estimate of drug-likeness (QED) is 0.643. The molecule has 0 aliphatic rings. The van der Waals surface area contributed by atoms with Gasteiger partial charge < -0.3 is 14.9 Å². The molecule has 0 aliphatic carbocycles. The molecule has 1 rings (SSSR count). The number of carbonyl (C=O) groups is 2. The summed E-state index contributed by atoms with van der Waals surface area (Å²) in [7, 11) is 1.30. The number of hydrogen-bond acceptors (Lipinski definition) is 4. The van der Waals surface area contributed by atoms with E-state index in [0.29, 0.717) is 5.01 Å². The zero-order valence-electron chi connectivity index (χ0n) is 8.25. The molecule has 3 N–H and O–H groups in total. The average Bonchev–Trinajstić information content (AvgIpc) is 2.25. The van der Waals surface area contributed by atoms with Crippen LogP contribution in [0.25, 0.3) is 0 Å². The minimum atomic E-state index is -1.51. The van der Waals surface area contributed by atoms with Crippen LogP contribution in [0, 0.1) is 0 Å². The van der Waals surface area contributed by atoms with Crippen molar-refractivity contribution in [1.29, 1.82) is 0 Å². The van der Waals surface area contributed by atoms with Gasteiger partial charge in [0, 0.05) is 6.20 Å². The van der Waals surface area contributed by atoms with E-state index in [1.54, 1.807) is 5.43 Å². The molecule has 0 fully saturated rings. The summed E-state index contributed by atoms with van der Waals surface area (Å²) < 4.78 is 4.81. The van der Waals surface area contributed by atoms with Crippen LogP contribution in [0.4, 0.5) is 15.3 Å². The molecule has 0 saturated heterocycles. The number of amides is 2. The van der Waals surface area contributed by atoms with Crippen LogP contribution in [-0.2, 0) is 0 Å². The van der Waals surface area contributed by atoms with Gasteiger partial charge in [-0.05, 0) is 12.1 Å². The van der Waals surface area contributed by atoms with Crippen molar-refractivity contribution in [2.75, 3.05) is 12.1 Å². The predicted molar refractivity (Wildman–Crippen MR) is 52.5 cm³/mol. The van der Waals surface area contributed by atoms with Gasteiger partial charge in [-0.2, -0.15) is 5.01 Å². The molecule has 8 heteroatoms. The topological polar surface area (TPSA) is 112 Å². The van der Waals surface area contributed by atoms with Gasteiger partial charge in [0.1, 0.15) is 5.69 Å². The third-order valence-electron chi connectivity index (χ3n) is 1.58. The lowest BCUT2D eigenvalue weighted by molar-refractivity contribution is 0.180. The SMILES string of the molecule is COc1ncccc1N(NC(=O)O)C(=O)O. The lowest BCUT2D eigenvalue weighted by Crippen LogP contribution is -2.45. The molecule has 0 atom stereocenters. The van der Waals surface area contributed by atoms with Gasteiger partial charge in [-0.15, -0.1) is 0 Å². The Bertz CT molecular complexity index is 408. The van der Waals surface area contributed by atoms with E-state index >= 15 is 0 Å². The molecule has 0 unspecified atom stereocenters. The van der Waals surface area contributed by atoms with Crippen molar-refractivity contribution in [2.24, 2.45) is 0 Å². The number of ether oxygens (including phenoxy) is 1. The Balaban J connectivity index is 3.10. The summed E-state index contributed by atoms with van der Waals surface area (Å²) in [5, 5.41) is 17.7. The first kappa shape index (κ1) is 11.6. The van der Waals surface area contributed by atoms with Crippen molar-refractivity contribution in [3.8, 4) is 5.88 Å². The van der Waals surface area contributed by atoms with E-state index in [1.165, 1.54) is 25.4 Å². The summed E-state index contributed by atoms with van der Waals surface area (Å²) in [5.41, 5.74) is 1.69. The minimum Gasteiger partial charge on any atom is -0.479 e. The highest BCUT2D eigenvalue weighted by Crippen LogP contribution is 2.23. The van der Waals surface area contributed by atoms with Crippen LogP contribution in [0.5, 0.6) is 5.88 Å². The summed E-state index contributed by atoms with van der Waals surface area (Å²) in [5.74, 6) is -0.00125. The largest absolute Gasteiger partial charge is 0.479 e. The van der Waals surface area contributed by atoms with Crippen molar-refractivity contribution >= 4 is 17.9 Å². The van der Waals surface area contributed by atoms with Crippen LogP contribution in [0.1, 0.15) is 0 Å². The van der Waals surface area contributed by atoms with Crippen molar-refractivity contribution in [1.82, 2.24) is 10.4 Å². The van der Waals surface area contributed by atoms with E-state index < -0.39 is 12.2 Å². The smallest absolute Gasteiger partial charge is 0.431 e. The van der Waals surface area contributed by atoms with Gasteiger partial charge in [-0.3, -0.25) is 0 Å². The van der Waals surface area contributed by atoms with Gasteiger partial charge in [-0.25, -0.2) is 20.0 Å². The normalized spacial score (nSPS) is 9.31. The Morgan fingerprint density at radius 3 is 2.69 bits per heavy atom. The first-order valence-corrected chi connectivity index (χ1v) is 4.08. The number of pyridine rings is 1. The maximum absolute atomic E-state index is 10.8. The number of nitrogens with one attached hydrogen (secondary N) is 1. The third kappa shape index (κ3) is 2.50. The summed E-state index contributed by atoms with van der Waals surface area (Å²) in [6.07, 6.45) is -1.61. The number of anilines is 1. The van der Waals surface area contributed by atoms with Crippen LogP contribution in [0.15, 0.2) is 18.3 Å². The molecule has 8 nitrogen and oxygen atoms in total. The Kier molecular flexibility index (Phi) is 3.49. The number of nitrogens with zero attached hydrogens (tertiary/aromatic N) is 2. The molecule has 0 aromatic carbocycles. The maximum atomic E-state index is 10.8. The number of aromatic nitrogens is 1. The number of rotatable bonds is 2. The molecule has 1 heterocycles. The Labute approximate surface area is 90.1 Å². The van der Waals surface area contributed by atoms with E-state index in [-0.39, 0.29) is 11.6 Å². The summed E-state index contributed by atoms with van der Waals surface area (Å²) in [6.45, 7) is 0. The Morgan fingerprint density at radius 2 is 2.19 bits per heavy atom. The van der Waals surface area contributed by atoms with E-state index in [9.17, 15) is 9.59 Å². The van der Waals surface area contributed by atoms with Crippen molar-refractivity contribution in [3.63, 3.8) is 0 Å². The van der Waals surface area contributed by atoms with Gasteiger partial charge in [-0.1, -0.05) is 0 Å². The van der Waals surface area contributed by atoms with Crippen LogP contribution in [-0.4, -0.2) is 34.5 Å². The van der Waals surface area contributed by atoms with Gasteiger partial charge in [0.15, 0.2) is 0 Å². The van der Waals surface area contributed by atoms with Gasteiger partial charge in [0.2, 0.25) is 5.88 Å². The molecular formula is C8H9N3O5. The highest BCUT2D eigenvalue weighted by atomic mass is 16.5. The Hall–Kier alpha value is -2.51. The highest BCUT2D eigenvalue weighted by molar-refractivity contribution is 5.90. The van der Waals surface area contributed by atoms with Crippen molar-refractivity contribution in [3.05, 3.63) is 18.3 Å². The standard InChI is InChI=1S/C8H9N3O5/c1-16-6-5(3-2-4-9-6)11(8(14)15)10-7(12)13/h2-4,10H,1H3,(H,12,13)(H,14,15). The minimum absolute atomic E-state index is 0.00125. The first-order valence-electron chi connectivity index (χ1n) is 4.08. The highest BCUT2D eigenvalue weighted by Gasteiger charge is 2.21. The molecule has 0 saturated carbocycles. The fourth-order valence-corrected chi connectivity index (χ4v) is 1.02. The molecule has 0 aliphatic heterocycles. The van der Waals surface area contributed by atoms with E-state index in [2.05, 4.69) is 4.98 Å². The van der Waals surface area contributed by atoms with Crippen LogP contribution >= 0.6 is 0 Å². The molecule has 86 valence electrons. The van der Waals surface area contributed by atoms with E-state index in [4.69, 9.17) is 14.9 Å². The maximum Gasteiger partial charge on any atom is 0.431 e. The lowest BCUT2D eigenvalue weighted by atomic mass is 10.4. The molecule has 16 heavy (non-hydrogen) atoms. The van der Waals surface area contributed by atoms with E-state index in [1.807, 2.05) is 0 Å².